The van der Waals surface area contributed by atoms with E-state index in [2.05, 4.69) is 31.0 Å². The molecule has 3 rings (SSSR count). The van der Waals surface area contributed by atoms with Gasteiger partial charge >= 0.3 is 5.97 Å². The van der Waals surface area contributed by atoms with Crippen LogP contribution >= 0.6 is 11.3 Å². The van der Waals surface area contributed by atoms with Gasteiger partial charge in [0.25, 0.3) is 0 Å². The van der Waals surface area contributed by atoms with Crippen molar-refractivity contribution in [3.8, 4) is 11.5 Å². The third-order valence-corrected chi connectivity index (χ3v) is 5.66. The molecule has 0 bridgehead atoms. The summed E-state index contributed by atoms with van der Waals surface area (Å²) in [6.45, 7) is 6.87. The molecule has 136 valence electrons. The Kier molecular flexibility index (Phi) is 5.57. The van der Waals surface area contributed by atoms with Crippen molar-refractivity contribution in [1.29, 1.82) is 0 Å². The molecular weight excluding hydrogens is 336 g/mol. The molecule has 0 saturated heterocycles. The van der Waals surface area contributed by atoms with Crippen LogP contribution in [0.25, 0.3) is 11.5 Å². The number of aryl methyl sites for hydroxylation is 1. The summed E-state index contributed by atoms with van der Waals surface area (Å²) >= 11 is 1.58. The minimum absolute atomic E-state index is 0.0650. The first-order valence-corrected chi connectivity index (χ1v) is 9.90. The average Bonchev–Trinajstić information content (AvgIpc) is 3.24. The van der Waals surface area contributed by atoms with Gasteiger partial charge < -0.3 is 9.15 Å². The van der Waals surface area contributed by atoms with E-state index in [9.17, 15) is 4.79 Å². The minimum atomic E-state index is -0.172. The largest absolute Gasteiger partial charge is 0.462 e. The normalized spacial score (nSPS) is 21.2. The smallest absolute Gasteiger partial charge is 0.306 e. The highest BCUT2D eigenvalue weighted by molar-refractivity contribution is 7.08. The lowest BCUT2D eigenvalue weighted by atomic mass is 9.72. The molecule has 6 heteroatoms. The van der Waals surface area contributed by atoms with Gasteiger partial charge in [-0.15, -0.1) is 10.2 Å². The maximum atomic E-state index is 12.1. The van der Waals surface area contributed by atoms with Crippen LogP contribution in [0.5, 0.6) is 0 Å². The summed E-state index contributed by atoms with van der Waals surface area (Å²) in [4.78, 5) is 12.1. The number of rotatable bonds is 5. The second-order valence-corrected chi connectivity index (χ2v) is 8.62. The van der Waals surface area contributed by atoms with Crippen molar-refractivity contribution in [1.82, 2.24) is 10.2 Å². The van der Waals surface area contributed by atoms with Crippen molar-refractivity contribution < 1.29 is 13.9 Å². The fourth-order valence-corrected chi connectivity index (χ4v) is 3.99. The Bertz CT molecular complexity index is 680. The average molecular weight is 362 g/mol. The van der Waals surface area contributed by atoms with E-state index >= 15 is 0 Å². The zero-order valence-corrected chi connectivity index (χ0v) is 16.0. The fraction of sp³-hybridized carbons (Fsp3) is 0.632. The van der Waals surface area contributed by atoms with Crippen LogP contribution in [0.2, 0.25) is 0 Å². The van der Waals surface area contributed by atoms with Gasteiger partial charge in [0.2, 0.25) is 11.8 Å². The van der Waals surface area contributed by atoms with Crippen LogP contribution in [0, 0.1) is 11.3 Å². The second-order valence-electron chi connectivity index (χ2n) is 7.84. The highest BCUT2D eigenvalue weighted by Gasteiger charge is 2.31. The standard InChI is InChI=1S/C19H26N2O3S/c1-19(2,3)14-4-6-15(7-5-14)23-17(22)9-8-16-20-21-18(24-16)13-10-11-25-12-13/h10-12,14-15H,4-9H2,1-3H3. The molecule has 1 saturated carbocycles. The van der Waals surface area contributed by atoms with Crippen molar-refractivity contribution in [2.45, 2.75) is 65.4 Å². The van der Waals surface area contributed by atoms with Crippen LogP contribution in [0.1, 0.15) is 58.8 Å². The third kappa shape index (κ3) is 4.91. The van der Waals surface area contributed by atoms with Crippen LogP contribution in [0.3, 0.4) is 0 Å². The first-order valence-electron chi connectivity index (χ1n) is 8.96. The zero-order valence-electron chi connectivity index (χ0n) is 15.2. The molecule has 1 fully saturated rings. The number of aromatic nitrogens is 2. The first-order chi connectivity index (χ1) is 11.9. The lowest BCUT2D eigenvalue weighted by molar-refractivity contribution is -0.151. The van der Waals surface area contributed by atoms with Crippen molar-refractivity contribution >= 4 is 17.3 Å². The molecule has 0 amide bonds. The number of carbonyl (C=O) groups is 1. The van der Waals surface area contributed by atoms with E-state index in [1.165, 1.54) is 0 Å². The van der Waals surface area contributed by atoms with Crippen LogP contribution < -0.4 is 0 Å². The molecule has 2 aromatic rings. The topological polar surface area (TPSA) is 65.2 Å². The molecule has 0 aliphatic heterocycles. The first kappa shape index (κ1) is 18.1. The Morgan fingerprint density at radius 1 is 1.28 bits per heavy atom. The number of esters is 1. The Hall–Kier alpha value is -1.69. The van der Waals surface area contributed by atoms with Crippen LogP contribution in [0.15, 0.2) is 21.2 Å². The van der Waals surface area contributed by atoms with Crippen LogP contribution in [-0.2, 0) is 16.0 Å². The molecule has 1 aliphatic carbocycles. The molecule has 0 unspecified atom stereocenters. The van der Waals surface area contributed by atoms with E-state index in [-0.39, 0.29) is 18.5 Å². The monoisotopic (exact) mass is 362 g/mol. The van der Waals surface area contributed by atoms with Gasteiger partial charge in [0, 0.05) is 17.4 Å². The molecule has 0 radical (unpaired) electrons. The summed E-state index contributed by atoms with van der Waals surface area (Å²) in [5, 5.41) is 12.0. The zero-order chi connectivity index (χ0) is 17.9. The van der Waals surface area contributed by atoms with E-state index in [0.29, 0.717) is 23.6 Å². The predicted molar refractivity (Wildman–Crippen MR) is 97.2 cm³/mol. The van der Waals surface area contributed by atoms with Gasteiger partial charge in [-0.25, -0.2) is 0 Å². The Morgan fingerprint density at radius 3 is 2.68 bits per heavy atom. The van der Waals surface area contributed by atoms with Gasteiger partial charge in [-0.3, -0.25) is 4.79 Å². The summed E-state index contributed by atoms with van der Waals surface area (Å²) in [6.07, 6.45) is 4.98. The van der Waals surface area contributed by atoms with E-state index < -0.39 is 0 Å². The van der Waals surface area contributed by atoms with Gasteiger partial charge in [0.05, 0.1) is 6.42 Å². The number of nitrogens with zero attached hydrogens (tertiary/aromatic N) is 2. The number of ether oxygens (including phenoxy) is 1. The van der Waals surface area contributed by atoms with Gasteiger partial charge in [-0.05, 0) is 48.5 Å². The maximum absolute atomic E-state index is 12.1. The van der Waals surface area contributed by atoms with Crippen molar-refractivity contribution in [2.75, 3.05) is 0 Å². The number of hydrogen-bond acceptors (Lipinski definition) is 6. The van der Waals surface area contributed by atoms with Crippen molar-refractivity contribution in [3.63, 3.8) is 0 Å². The highest BCUT2D eigenvalue weighted by Crippen LogP contribution is 2.38. The molecule has 0 N–H and O–H groups in total. The summed E-state index contributed by atoms with van der Waals surface area (Å²) < 4.78 is 11.2. The molecule has 25 heavy (non-hydrogen) atoms. The van der Waals surface area contributed by atoms with Gasteiger partial charge in [0.1, 0.15) is 6.10 Å². The third-order valence-electron chi connectivity index (χ3n) is 4.98. The van der Waals surface area contributed by atoms with E-state index in [0.717, 1.165) is 37.2 Å². The molecule has 2 aromatic heterocycles. The number of hydrogen-bond donors (Lipinski definition) is 0. The van der Waals surface area contributed by atoms with Gasteiger partial charge in [-0.2, -0.15) is 11.3 Å². The molecule has 2 heterocycles. The number of carbonyl (C=O) groups excluding carboxylic acids is 1. The molecule has 0 aromatic carbocycles. The van der Waals surface area contributed by atoms with E-state index in [1.807, 2.05) is 16.8 Å². The maximum Gasteiger partial charge on any atom is 0.306 e. The second kappa shape index (κ2) is 7.68. The van der Waals surface area contributed by atoms with Gasteiger partial charge in [0.15, 0.2) is 0 Å². The number of thiophene rings is 1. The molecule has 0 spiro atoms. The molecule has 0 atom stereocenters. The summed E-state index contributed by atoms with van der Waals surface area (Å²) in [7, 11) is 0. The van der Waals surface area contributed by atoms with E-state index in [1.54, 1.807) is 11.3 Å². The van der Waals surface area contributed by atoms with Crippen LogP contribution in [-0.4, -0.2) is 22.3 Å². The Labute approximate surface area is 152 Å². The summed E-state index contributed by atoms with van der Waals surface area (Å²) in [5.41, 5.74) is 1.26. The van der Waals surface area contributed by atoms with E-state index in [4.69, 9.17) is 9.15 Å². The molecular formula is C19H26N2O3S. The predicted octanol–water partition coefficient (Wildman–Crippen LogP) is 4.88. The van der Waals surface area contributed by atoms with Gasteiger partial charge in [-0.1, -0.05) is 20.8 Å². The fourth-order valence-electron chi connectivity index (χ4n) is 3.36. The Balaban J connectivity index is 1.42. The quantitative estimate of drug-likeness (QED) is 0.709. The highest BCUT2D eigenvalue weighted by atomic mass is 32.1. The SMILES string of the molecule is CC(C)(C)C1CCC(OC(=O)CCc2nnc(-c3ccsc3)o2)CC1. The lowest BCUT2D eigenvalue weighted by Crippen LogP contribution is -2.30. The molecule has 1 aliphatic rings. The Morgan fingerprint density at radius 2 is 2.04 bits per heavy atom. The summed E-state index contributed by atoms with van der Waals surface area (Å²) in [5.74, 6) is 1.53. The lowest BCUT2D eigenvalue weighted by Gasteiger charge is -2.36. The van der Waals surface area contributed by atoms with Crippen LogP contribution in [0.4, 0.5) is 0 Å². The molecule has 5 nitrogen and oxygen atoms in total. The van der Waals surface area contributed by atoms with Crippen molar-refractivity contribution in [3.05, 3.63) is 22.7 Å². The van der Waals surface area contributed by atoms with Crippen molar-refractivity contribution in [2.24, 2.45) is 11.3 Å². The summed E-state index contributed by atoms with van der Waals surface area (Å²) in [6, 6.07) is 1.93. The minimum Gasteiger partial charge on any atom is -0.462 e.